The highest BCUT2D eigenvalue weighted by molar-refractivity contribution is 5.46. The first-order valence-corrected chi connectivity index (χ1v) is 7.53. The number of nitrogens with zero attached hydrogens (tertiary/aromatic N) is 2. The van der Waals surface area contributed by atoms with E-state index in [1.54, 1.807) is 0 Å². The van der Waals surface area contributed by atoms with Crippen LogP contribution in [0.5, 0.6) is 0 Å². The Labute approximate surface area is 132 Å². The second-order valence-corrected chi connectivity index (χ2v) is 5.61. The Morgan fingerprint density at radius 1 is 0.682 bits per heavy atom. The van der Waals surface area contributed by atoms with Gasteiger partial charge in [0.2, 0.25) is 0 Å². The summed E-state index contributed by atoms with van der Waals surface area (Å²) in [6.07, 6.45) is 0. The minimum absolute atomic E-state index is 0.834. The molecule has 0 bridgehead atoms. The summed E-state index contributed by atoms with van der Waals surface area (Å²) in [6.45, 7) is 5.83. The summed E-state index contributed by atoms with van der Waals surface area (Å²) in [5.74, 6) is 0. The summed E-state index contributed by atoms with van der Waals surface area (Å²) in [5.41, 5.74) is 6.61. The maximum Gasteiger partial charge on any atom is 0.0862 e. The van der Waals surface area contributed by atoms with Crippen molar-refractivity contribution >= 4 is 11.4 Å². The summed E-state index contributed by atoms with van der Waals surface area (Å²) in [4.78, 5) is 0. The Morgan fingerprint density at radius 2 is 1.09 bits per heavy atom. The van der Waals surface area contributed by atoms with Gasteiger partial charge in [0, 0.05) is 13.1 Å². The molecule has 0 aliphatic rings. The summed E-state index contributed by atoms with van der Waals surface area (Å²) in [7, 11) is 3.89. The van der Waals surface area contributed by atoms with E-state index in [-0.39, 0.29) is 0 Å². The van der Waals surface area contributed by atoms with Crippen molar-refractivity contribution in [1.29, 1.82) is 0 Å². The lowest BCUT2D eigenvalue weighted by Gasteiger charge is -2.05. The van der Waals surface area contributed by atoms with Crippen molar-refractivity contribution in [2.75, 3.05) is 14.1 Å². The van der Waals surface area contributed by atoms with E-state index < -0.39 is 0 Å². The molecule has 4 heteroatoms. The molecule has 0 aliphatic carbocycles. The average Bonchev–Trinajstić information content (AvgIpc) is 2.45. The number of nitrogens with one attached hydrogen (secondary N) is 2. The maximum atomic E-state index is 4.40. The van der Waals surface area contributed by atoms with E-state index in [9.17, 15) is 0 Å². The van der Waals surface area contributed by atoms with Crippen molar-refractivity contribution in [3.05, 3.63) is 58.7 Å². The second-order valence-electron chi connectivity index (χ2n) is 5.61. The molecule has 0 radical (unpaired) electrons. The zero-order valence-electron chi connectivity index (χ0n) is 13.8. The topological polar surface area (TPSA) is 48.8 Å². The fourth-order valence-electron chi connectivity index (χ4n) is 2.52. The van der Waals surface area contributed by atoms with Gasteiger partial charge in [0.1, 0.15) is 0 Å². The molecule has 0 saturated heterocycles. The highest BCUT2D eigenvalue weighted by Crippen LogP contribution is 2.23. The zero-order chi connectivity index (χ0) is 15.9. The first-order valence-electron chi connectivity index (χ1n) is 7.53. The van der Waals surface area contributed by atoms with Crippen LogP contribution in [0.15, 0.2) is 46.6 Å². The first-order chi connectivity index (χ1) is 10.6. The lowest BCUT2D eigenvalue weighted by molar-refractivity contribution is 0.816. The van der Waals surface area contributed by atoms with E-state index >= 15 is 0 Å². The van der Waals surface area contributed by atoms with Crippen LogP contribution in [0, 0.1) is 13.8 Å². The fraction of sp³-hybridized carbons (Fsp3) is 0.333. The predicted octanol–water partition coefficient (Wildman–Crippen LogP) is 4.16. The monoisotopic (exact) mass is 296 g/mol. The van der Waals surface area contributed by atoms with Gasteiger partial charge >= 0.3 is 0 Å². The number of hydrogen-bond acceptors (Lipinski definition) is 4. The molecule has 0 aromatic heterocycles. The van der Waals surface area contributed by atoms with E-state index in [1.807, 2.05) is 26.2 Å². The molecular formula is C18H24N4. The van der Waals surface area contributed by atoms with Crippen molar-refractivity contribution < 1.29 is 0 Å². The van der Waals surface area contributed by atoms with Crippen LogP contribution in [0.2, 0.25) is 0 Å². The molecule has 116 valence electrons. The standard InChI is InChI=1S/C18H24N4/c1-13-5-15(11-19-3)9-17(7-13)21-22-18-8-14(2)6-16(10-18)12-20-4/h5-10,19-20H,11-12H2,1-4H3. The van der Waals surface area contributed by atoms with Gasteiger partial charge in [-0.15, -0.1) is 0 Å². The molecule has 2 N–H and O–H groups in total. The van der Waals surface area contributed by atoms with Crippen LogP contribution in [0.3, 0.4) is 0 Å². The smallest absolute Gasteiger partial charge is 0.0862 e. The van der Waals surface area contributed by atoms with Crippen LogP contribution >= 0.6 is 0 Å². The Hall–Kier alpha value is -2.04. The molecule has 0 amide bonds. The Balaban J connectivity index is 2.24. The number of rotatable bonds is 6. The summed E-state index contributed by atoms with van der Waals surface area (Å²) in [6, 6.07) is 12.6. The molecule has 0 spiro atoms. The van der Waals surface area contributed by atoms with E-state index in [1.165, 1.54) is 22.3 Å². The Bertz CT molecular complexity index is 605. The van der Waals surface area contributed by atoms with E-state index in [4.69, 9.17) is 0 Å². The lowest BCUT2D eigenvalue weighted by atomic mass is 10.1. The van der Waals surface area contributed by atoms with Gasteiger partial charge in [-0.1, -0.05) is 12.1 Å². The second kappa shape index (κ2) is 7.82. The fourth-order valence-corrected chi connectivity index (χ4v) is 2.52. The first kappa shape index (κ1) is 16.3. The zero-order valence-corrected chi connectivity index (χ0v) is 13.8. The van der Waals surface area contributed by atoms with Crippen molar-refractivity contribution in [2.24, 2.45) is 10.2 Å². The minimum atomic E-state index is 0.834. The number of aryl methyl sites for hydroxylation is 2. The number of benzene rings is 2. The predicted molar refractivity (Wildman–Crippen MR) is 92.1 cm³/mol. The van der Waals surface area contributed by atoms with Gasteiger partial charge in [-0.2, -0.15) is 10.2 Å². The minimum Gasteiger partial charge on any atom is -0.316 e. The molecule has 0 unspecified atom stereocenters. The SMILES string of the molecule is CNCc1cc(C)cc(N=Nc2cc(C)cc(CNC)c2)c1. The van der Waals surface area contributed by atoms with Gasteiger partial charge in [-0.25, -0.2) is 0 Å². The molecule has 4 nitrogen and oxygen atoms in total. The normalized spacial score (nSPS) is 11.3. The van der Waals surface area contributed by atoms with Gasteiger partial charge in [-0.3, -0.25) is 0 Å². The summed E-state index contributed by atoms with van der Waals surface area (Å²) in [5, 5.41) is 15.1. The van der Waals surface area contributed by atoms with Crippen LogP contribution in [-0.2, 0) is 13.1 Å². The highest BCUT2D eigenvalue weighted by Gasteiger charge is 2.00. The Morgan fingerprint density at radius 3 is 1.45 bits per heavy atom. The quantitative estimate of drug-likeness (QED) is 0.786. The van der Waals surface area contributed by atoms with Gasteiger partial charge < -0.3 is 10.6 Å². The highest BCUT2D eigenvalue weighted by atomic mass is 15.1. The summed E-state index contributed by atoms with van der Waals surface area (Å²) < 4.78 is 0. The third-order valence-corrected chi connectivity index (χ3v) is 3.29. The van der Waals surface area contributed by atoms with Gasteiger partial charge in [0.05, 0.1) is 11.4 Å². The molecule has 2 aromatic carbocycles. The molecule has 2 rings (SSSR count). The van der Waals surface area contributed by atoms with E-state index in [0.29, 0.717) is 0 Å². The molecular weight excluding hydrogens is 272 g/mol. The molecule has 0 saturated carbocycles. The van der Waals surface area contributed by atoms with Crippen LogP contribution < -0.4 is 10.6 Å². The van der Waals surface area contributed by atoms with Gasteiger partial charge in [0.15, 0.2) is 0 Å². The lowest BCUT2D eigenvalue weighted by Crippen LogP contribution is -2.04. The van der Waals surface area contributed by atoms with Crippen LogP contribution in [0.4, 0.5) is 11.4 Å². The van der Waals surface area contributed by atoms with Gasteiger partial charge in [-0.05, 0) is 74.5 Å². The summed E-state index contributed by atoms with van der Waals surface area (Å²) >= 11 is 0. The van der Waals surface area contributed by atoms with Gasteiger partial charge in [0.25, 0.3) is 0 Å². The van der Waals surface area contributed by atoms with Crippen molar-refractivity contribution in [3.8, 4) is 0 Å². The Kier molecular flexibility index (Phi) is 5.81. The molecule has 2 aromatic rings. The average molecular weight is 296 g/mol. The molecule has 0 fully saturated rings. The van der Waals surface area contributed by atoms with E-state index in [0.717, 1.165) is 24.5 Å². The van der Waals surface area contributed by atoms with Crippen molar-refractivity contribution in [2.45, 2.75) is 26.9 Å². The number of azo groups is 1. The van der Waals surface area contributed by atoms with E-state index in [2.05, 4.69) is 59.0 Å². The molecule has 0 heterocycles. The molecule has 0 aliphatic heterocycles. The third kappa shape index (κ3) is 4.76. The number of hydrogen-bond donors (Lipinski definition) is 2. The van der Waals surface area contributed by atoms with Crippen molar-refractivity contribution in [3.63, 3.8) is 0 Å². The largest absolute Gasteiger partial charge is 0.316 e. The van der Waals surface area contributed by atoms with Crippen LogP contribution in [0.25, 0.3) is 0 Å². The van der Waals surface area contributed by atoms with Crippen LogP contribution in [-0.4, -0.2) is 14.1 Å². The molecule has 0 atom stereocenters. The van der Waals surface area contributed by atoms with Crippen LogP contribution in [0.1, 0.15) is 22.3 Å². The maximum absolute atomic E-state index is 4.40. The molecule has 22 heavy (non-hydrogen) atoms. The van der Waals surface area contributed by atoms with Crippen molar-refractivity contribution in [1.82, 2.24) is 10.6 Å². The third-order valence-electron chi connectivity index (χ3n) is 3.29.